The summed E-state index contributed by atoms with van der Waals surface area (Å²) in [6.45, 7) is 9.90. The van der Waals surface area contributed by atoms with Crippen molar-refractivity contribution in [1.29, 1.82) is 0 Å². The number of nitrogens with zero attached hydrogens (tertiary/aromatic N) is 2. The summed E-state index contributed by atoms with van der Waals surface area (Å²) in [5.41, 5.74) is 1.26. The van der Waals surface area contributed by atoms with Crippen molar-refractivity contribution in [2.45, 2.75) is 52.5 Å². The second-order valence-electron chi connectivity index (χ2n) is 7.61. The van der Waals surface area contributed by atoms with Crippen LogP contribution in [0, 0.1) is 0 Å². The van der Waals surface area contributed by atoms with Crippen molar-refractivity contribution in [3.8, 4) is 5.75 Å². The minimum absolute atomic E-state index is 0.0556. The zero-order chi connectivity index (χ0) is 18.9. The zero-order valence-corrected chi connectivity index (χ0v) is 16.5. The maximum absolute atomic E-state index is 12.9. The van der Waals surface area contributed by atoms with E-state index in [2.05, 4.69) is 25.8 Å². The Bertz CT molecular complexity index is 808. The van der Waals surface area contributed by atoms with Crippen molar-refractivity contribution >= 4 is 17.5 Å². The third-order valence-electron chi connectivity index (χ3n) is 4.30. The van der Waals surface area contributed by atoms with E-state index in [1.165, 1.54) is 0 Å². The van der Waals surface area contributed by atoms with E-state index in [9.17, 15) is 4.79 Å². The van der Waals surface area contributed by atoms with Gasteiger partial charge in [-0.1, -0.05) is 39.3 Å². The quantitative estimate of drug-likeness (QED) is 0.781. The number of oxazole rings is 1. The lowest BCUT2D eigenvalue weighted by molar-refractivity contribution is 0.0727. The Morgan fingerprint density at radius 2 is 2.15 bits per heavy atom. The number of hydrogen-bond donors (Lipinski definition) is 0. The summed E-state index contributed by atoms with van der Waals surface area (Å²) in [5.74, 6) is 2.16. The van der Waals surface area contributed by atoms with Crippen molar-refractivity contribution < 1.29 is 13.9 Å². The van der Waals surface area contributed by atoms with Gasteiger partial charge in [-0.2, -0.15) is 0 Å². The van der Waals surface area contributed by atoms with Gasteiger partial charge in [0.1, 0.15) is 17.2 Å². The number of amides is 1. The van der Waals surface area contributed by atoms with Gasteiger partial charge in [0.25, 0.3) is 5.91 Å². The van der Waals surface area contributed by atoms with Gasteiger partial charge in [-0.3, -0.25) is 4.79 Å². The highest BCUT2D eigenvalue weighted by molar-refractivity contribution is 6.32. The van der Waals surface area contributed by atoms with E-state index >= 15 is 0 Å². The summed E-state index contributed by atoms with van der Waals surface area (Å²) in [6.07, 6.45) is 1.58. The molecule has 0 saturated heterocycles. The molecule has 0 aliphatic carbocycles. The number of hydrogen-bond acceptors (Lipinski definition) is 4. The lowest BCUT2D eigenvalue weighted by atomic mass is 9.97. The number of aromatic nitrogens is 1. The molecule has 6 heteroatoms. The minimum atomic E-state index is -0.145. The van der Waals surface area contributed by atoms with Crippen LogP contribution in [0.5, 0.6) is 5.75 Å². The fourth-order valence-electron chi connectivity index (χ4n) is 2.84. The van der Waals surface area contributed by atoms with Gasteiger partial charge in [0.2, 0.25) is 0 Å². The van der Waals surface area contributed by atoms with Crippen LogP contribution in [-0.2, 0) is 18.4 Å². The van der Waals surface area contributed by atoms with Gasteiger partial charge in [0.05, 0.1) is 18.2 Å². The summed E-state index contributed by atoms with van der Waals surface area (Å²) >= 11 is 6.26. The van der Waals surface area contributed by atoms with Crippen molar-refractivity contribution in [2.75, 3.05) is 13.2 Å². The molecule has 0 N–H and O–H groups in total. The van der Waals surface area contributed by atoms with Crippen molar-refractivity contribution in [2.24, 2.45) is 0 Å². The van der Waals surface area contributed by atoms with Crippen LogP contribution >= 0.6 is 11.6 Å². The van der Waals surface area contributed by atoms with Gasteiger partial charge in [-0.25, -0.2) is 4.98 Å². The molecule has 0 bridgehead atoms. The third kappa shape index (κ3) is 3.88. The zero-order valence-electron chi connectivity index (χ0n) is 15.8. The number of rotatable bonds is 4. The lowest BCUT2D eigenvalue weighted by Gasteiger charge is -2.25. The number of benzene rings is 1. The van der Waals surface area contributed by atoms with Crippen LogP contribution < -0.4 is 4.74 Å². The van der Waals surface area contributed by atoms with Gasteiger partial charge >= 0.3 is 0 Å². The number of carbonyl (C=O) groups is 1. The van der Waals surface area contributed by atoms with Crippen molar-refractivity contribution in [1.82, 2.24) is 9.88 Å². The van der Waals surface area contributed by atoms with Crippen LogP contribution in [0.25, 0.3) is 0 Å². The molecule has 140 valence electrons. The molecule has 5 nitrogen and oxygen atoms in total. The summed E-state index contributed by atoms with van der Waals surface area (Å²) < 4.78 is 11.5. The molecule has 26 heavy (non-hydrogen) atoms. The van der Waals surface area contributed by atoms with E-state index in [1.807, 2.05) is 6.92 Å². The van der Waals surface area contributed by atoms with Gasteiger partial charge in [0, 0.05) is 23.9 Å². The second kappa shape index (κ2) is 7.31. The Labute approximate surface area is 159 Å². The third-order valence-corrected chi connectivity index (χ3v) is 4.59. The largest absolute Gasteiger partial charge is 0.492 e. The van der Waals surface area contributed by atoms with Crippen molar-refractivity contribution in [3.63, 3.8) is 0 Å². The van der Waals surface area contributed by atoms with Crippen LogP contribution in [0.15, 0.2) is 22.6 Å². The van der Waals surface area contributed by atoms with Gasteiger partial charge in [0.15, 0.2) is 5.89 Å². The summed E-state index contributed by atoms with van der Waals surface area (Å²) in [4.78, 5) is 19.3. The number of carbonyl (C=O) groups excluding carboxylic acids is 1. The molecule has 2 aromatic rings. The Hall–Kier alpha value is -2.01. The van der Waals surface area contributed by atoms with Crippen LogP contribution in [0.3, 0.4) is 0 Å². The molecule has 0 spiro atoms. The normalized spacial score (nSPS) is 14.3. The molecule has 1 aliphatic heterocycles. The summed E-state index contributed by atoms with van der Waals surface area (Å²) in [6, 6.07) is 5.19. The number of halogens is 1. The smallest absolute Gasteiger partial charge is 0.254 e. The fourth-order valence-corrected chi connectivity index (χ4v) is 3.07. The van der Waals surface area contributed by atoms with E-state index < -0.39 is 0 Å². The van der Waals surface area contributed by atoms with E-state index in [1.54, 1.807) is 23.1 Å². The molecule has 1 amide bonds. The van der Waals surface area contributed by atoms with E-state index in [0.29, 0.717) is 42.5 Å². The Balaban J connectivity index is 1.75. The highest BCUT2D eigenvalue weighted by Gasteiger charge is 2.29. The fraction of sp³-hybridized carbons (Fsp3) is 0.500. The predicted octanol–water partition coefficient (Wildman–Crippen LogP) is 4.61. The first-order valence-corrected chi connectivity index (χ1v) is 9.38. The molecule has 1 aromatic carbocycles. The first-order valence-electron chi connectivity index (χ1n) is 9.00. The van der Waals surface area contributed by atoms with Gasteiger partial charge in [-0.05, 0) is 24.6 Å². The van der Waals surface area contributed by atoms with Gasteiger partial charge < -0.3 is 14.1 Å². The molecule has 3 rings (SSSR count). The standard InChI is InChI=1S/C20H25ClN2O3/c1-5-10-25-16-7-6-13(11-14(16)21)18(24)23-9-8-17-15(12-23)22-19(26-17)20(2,3)4/h6-7,11H,5,8-10,12H2,1-4H3. The Kier molecular flexibility index (Phi) is 5.28. The maximum atomic E-state index is 12.9. The summed E-state index contributed by atoms with van der Waals surface area (Å²) in [5, 5.41) is 0.457. The molecule has 0 fully saturated rings. The predicted molar refractivity (Wildman–Crippen MR) is 101 cm³/mol. The average molecular weight is 377 g/mol. The molecular weight excluding hydrogens is 352 g/mol. The molecule has 1 aromatic heterocycles. The van der Waals surface area contributed by atoms with Crippen LogP contribution in [0.4, 0.5) is 0 Å². The van der Waals surface area contributed by atoms with Crippen molar-refractivity contribution in [3.05, 3.63) is 46.1 Å². The molecule has 1 aliphatic rings. The van der Waals surface area contributed by atoms with Crippen LogP contribution in [0.1, 0.15) is 61.8 Å². The first kappa shape index (κ1) is 18.8. The monoisotopic (exact) mass is 376 g/mol. The molecule has 0 unspecified atom stereocenters. The Morgan fingerprint density at radius 3 is 2.81 bits per heavy atom. The Morgan fingerprint density at radius 1 is 1.38 bits per heavy atom. The molecule has 0 radical (unpaired) electrons. The molecular formula is C20H25ClN2O3. The highest BCUT2D eigenvalue weighted by Crippen LogP contribution is 2.29. The summed E-state index contributed by atoms with van der Waals surface area (Å²) in [7, 11) is 0. The highest BCUT2D eigenvalue weighted by atomic mass is 35.5. The van der Waals surface area contributed by atoms with Crippen LogP contribution in [-0.4, -0.2) is 28.9 Å². The SMILES string of the molecule is CCCOc1ccc(C(=O)N2CCc3oc(C(C)(C)C)nc3C2)cc1Cl. The molecule has 0 atom stereocenters. The second-order valence-corrected chi connectivity index (χ2v) is 8.02. The lowest BCUT2D eigenvalue weighted by Crippen LogP contribution is -2.35. The minimum Gasteiger partial charge on any atom is -0.492 e. The number of ether oxygens (including phenoxy) is 1. The van der Waals surface area contributed by atoms with Crippen LogP contribution in [0.2, 0.25) is 5.02 Å². The topological polar surface area (TPSA) is 55.6 Å². The molecule has 2 heterocycles. The maximum Gasteiger partial charge on any atom is 0.254 e. The van der Waals surface area contributed by atoms with E-state index in [-0.39, 0.29) is 11.3 Å². The average Bonchev–Trinajstić information content (AvgIpc) is 3.03. The van der Waals surface area contributed by atoms with E-state index in [4.69, 9.17) is 20.8 Å². The number of fused-ring (bicyclic) bond motifs is 1. The first-order chi connectivity index (χ1) is 12.3. The van der Waals surface area contributed by atoms with Gasteiger partial charge in [-0.15, -0.1) is 0 Å². The van der Waals surface area contributed by atoms with E-state index in [0.717, 1.165) is 23.8 Å². The molecule has 0 saturated carbocycles.